The Morgan fingerprint density at radius 3 is 0.702 bits per heavy atom. The zero-order valence-electron chi connectivity index (χ0n) is 83.9. The molecule has 0 fully saturated rings. The molecule has 1 spiro atoms. The highest BCUT2D eigenvalue weighted by atomic mass is 14.5. The Bertz CT molecular complexity index is 7700. The summed E-state index contributed by atoms with van der Waals surface area (Å²) in [4.78, 5) is 0. The molecule has 0 nitrogen and oxygen atoms in total. The van der Waals surface area contributed by atoms with Gasteiger partial charge >= 0.3 is 0 Å². The molecule has 21 aromatic rings. The van der Waals surface area contributed by atoms with Crippen molar-refractivity contribution in [3.63, 3.8) is 0 Å². The predicted octanol–water partition coefficient (Wildman–Crippen LogP) is 36.3. The Labute approximate surface area is 837 Å². The third kappa shape index (κ3) is 18.8. The number of rotatable bonds is 9. The van der Waals surface area contributed by atoms with Crippen molar-refractivity contribution in [1.29, 1.82) is 0 Å². The van der Waals surface area contributed by atoms with Gasteiger partial charge in [-0.1, -0.05) is 540 Å². The van der Waals surface area contributed by atoms with Crippen LogP contribution in [0.4, 0.5) is 0 Å². The van der Waals surface area contributed by atoms with E-state index in [4.69, 9.17) is 0 Å². The van der Waals surface area contributed by atoms with Gasteiger partial charge in [-0.2, -0.15) is 0 Å². The molecule has 0 bridgehead atoms. The van der Waals surface area contributed by atoms with Gasteiger partial charge in [-0.15, -0.1) is 0 Å². The first-order chi connectivity index (χ1) is 68.6. The summed E-state index contributed by atoms with van der Waals surface area (Å²) in [5.74, 6) is 0. The predicted molar refractivity (Wildman–Crippen MR) is 601 cm³/mol. The third-order valence-electron chi connectivity index (χ3n) is 29.3. The van der Waals surface area contributed by atoms with Crippen LogP contribution >= 0.6 is 0 Å². The third-order valence-corrected chi connectivity index (χ3v) is 29.3. The second-order valence-corrected chi connectivity index (χ2v) is 39.5. The van der Waals surface area contributed by atoms with E-state index in [2.05, 4.69) is 570 Å². The molecule has 0 amide bonds. The summed E-state index contributed by atoms with van der Waals surface area (Å²) >= 11 is 0. The molecule has 141 heavy (non-hydrogen) atoms. The van der Waals surface area contributed by atoms with Crippen LogP contribution in [0.2, 0.25) is 0 Å². The van der Waals surface area contributed by atoms with Crippen molar-refractivity contribution in [1.82, 2.24) is 0 Å². The monoisotopic (exact) mass is 1820 g/mol. The molecule has 4 aliphatic carbocycles. The van der Waals surface area contributed by atoms with Crippen LogP contribution in [-0.4, -0.2) is 0 Å². The van der Waals surface area contributed by atoms with Crippen molar-refractivity contribution < 1.29 is 0 Å². The molecule has 25 rings (SSSR count). The minimum Gasteiger partial charge on any atom is -0.0622 e. The summed E-state index contributed by atoms with van der Waals surface area (Å²) in [6.07, 6.45) is 2.00. The van der Waals surface area contributed by atoms with Gasteiger partial charge in [0, 0.05) is 0 Å². The maximum Gasteiger partial charge on any atom is 0.0725 e. The lowest BCUT2D eigenvalue weighted by atomic mass is 9.67. The molecule has 0 heteroatoms. The Hall–Kier alpha value is -15.9. The molecular formula is C141H124. The van der Waals surface area contributed by atoms with Gasteiger partial charge in [-0.05, 0) is 287 Å². The van der Waals surface area contributed by atoms with Gasteiger partial charge in [0.2, 0.25) is 0 Å². The molecule has 688 valence electrons. The average Bonchev–Trinajstić information content (AvgIpc) is 1.51. The van der Waals surface area contributed by atoms with E-state index in [1.807, 2.05) is 0 Å². The fourth-order valence-corrected chi connectivity index (χ4v) is 22.3. The van der Waals surface area contributed by atoms with Crippen LogP contribution in [0.25, 0.3) is 77.2 Å². The number of fused-ring (bicyclic) bond motifs is 18. The Kier molecular flexibility index (Phi) is 27.4. The lowest BCUT2D eigenvalue weighted by Gasteiger charge is -2.34. The van der Waals surface area contributed by atoms with Gasteiger partial charge in [-0.3, -0.25) is 0 Å². The molecule has 1 atom stereocenters. The first-order valence-electron chi connectivity index (χ1n) is 50.0. The van der Waals surface area contributed by atoms with Crippen LogP contribution in [0.15, 0.2) is 473 Å². The number of aryl methyl sites for hydroxylation is 14. The van der Waals surface area contributed by atoms with E-state index in [0.717, 1.165) is 12.8 Å². The zero-order chi connectivity index (χ0) is 97.5. The van der Waals surface area contributed by atoms with Crippen molar-refractivity contribution in [2.45, 2.75) is 126 Å². The van der Waals surface area contributed by atoms with Crippen molar-refractivity contribution >= 4 is 21.5 Å². The molecule has 0 radical (unpaired) electrons. The van der Waals surface area contributed by atoms with Crippen LogP contribution in [0.5, 0.6) is 0 Å². The molecule has 0 N–H and O–H groups in total. The van der Waals surface area contributed by atoms with E-state index < -0.39 is 0 Å². The second-order valence-electron chi connectivity index (χ2n) is 39.5. The molecule has 21 aromatic carbocycles. The van der Waals surface area contributed by atoms with Crippen molar-refractivity contribution in [2.75, 3.05) is 0 Å². The summed E-state index contributed by atoms with van der Waals surface area (Å²) in [7, 11) is 0. The normalized spacial score (nSPS) is 13.2. The summed E-state index contributed by atoms with van der Waals surface area (Å²) in [6.45, 7) is 30.1. The smallest absolute Gasteiger partial charge is 0.0622 e. The Morgan fingerprint density at radius 1 is 0.142 bits per heavy atom. The van der Waals surface area contributed by atoms with Crippen molar-refractivity contribution in [3.8, 4) is 55.6 Å². The fourth-order valence-electron chi connectivity index (χ4n) is 22.3. The largest absolute Gasteiger partial charge is 0.0725 e. The molecule has 0 saturated carbocycles. The number of hydrogen-bond donors (Lipinski definition) is 0. The van der Waals surface area contributed by atoms with Crippen LogP contribution in [0.3, 0.4) is 0 Å². The Morgan fingerprint density at radius 2 is 0.383 bits per heavy atom. The van der Waals surface area contributed by atoms with E-state index in [9.17, 15) is 0 Å². The standard InChI is InChI=1S/C27H20.2C27H22.C23H20.C15H16.C14H14.C8H10/c1-17-11-13-21-19-7-3-5-9-23(19)27(25(21)15-17)24-10-6-4-8-20(24)22-14-12-18(2)16-26(22)27;1-19-11-15-21(16-12-19)27(22-17-13-20(2)14-18-22)25-9-5-3-7-23(25)24-8-4-6-10-26(24)27;1-19-12-15-22(16-13-19)27(21-8-4-3-5-9-21)25-11-7-6-10-23(25)24-17-14-20(2)18-26(24)27;1-16-11-13-18(22-9-5-3-7-20(16)22)15-19-14-12-17(2)21-8-4-6-10-23(19)21;1-12-3-7-14(8-4-12)11-15-9-5-13(2)6-10-15;1-11-5-3-7-13(9-11)14-8-4-6-12(2)10-14;1-7-4-3-5-8(2)6-7/h3-16H,1-2H3;2*3-18H,1-2H3;3-14H,15H2,1-2H3;3-10H,11H2,1-2H3;3-10H,1-2H3;3-6H,1-2H3. The average molecular weight is 1820 g/mol. The van der Waals surface area contributed by atoms with Gasteiger partial charge in [0.15, 0.2) is 0 Å². The second kappa shape index (κ2) is 41.1. The van der Waals surface area contributed by atoms with Gasteiger partial charge in [0.1, 0.15) is 0 Å². The van der Waals surface area contributed by atoms with Gasteiger partial charge < -0.3 is 0 Å². The molecule has 0 aromatic heterocycles. The topological polar surface area (TPSA) is 0 Å². The minimum atomic E-state index is -0.271. The van der Waals surface area contributed by atoms with Gasteiger partial charge in [0.05, 0.1) is 16.2 Å². The van der Waals surface area contributed by atoms with Crippen molar-refractivity contribution in [3.05, 3.63) is 640 Å². The van der Waals surface area contributed by atoms with Gasteiger partial charge in [0.25, 0.3) is 0 Å². The van der Waals surface area contributed by atoms with Crippen LogP contribution < -0.4 is 0 Å². The summed E-state index contributed by atoms with van der Waals surface area (Å²) in [6, 6.07) is 173. The maximum atomic E-state index is 2.41. The molecule has 0 saturated heterocycles. The Balaban J connectivity index is 0.000000107. The highest BCUT2D eigenvalue weighted by molar-refractivity contribution is 5.97. The zero-order valence-corrected chi connectivity index (χ0v) is 83.9. The highest BCUT2D eigenvalue weighted by Gasteiger charge is 2.52. The van der Waals surface area contributed by atoms with Crippen LogP contribution in [-0.2, 0) is 29.1 Å². The summed E-state index contributed by atoms with van der Waals surface area (Å²) in [5.41, 5.74) is 53.3. The van der Waals surface area contributed by atoms with E-state index in [0.29, 0.717) is 0 Å². The molecule has 0 heterocycles. The van der Waals surface area contributed by atoms with E-state index >= 15 is 0 Å². The number of benzene rings is 21. The maximum absolute atomic E-state index is 2.41. The van der Waals surface area contributed by atoms with E-state index in [1.54, 1.807) is 0 Å². The fraction of sp³-hybridized carbons (Fsp3) is 0.135. The first-order valence-corrected chi connectivity index (χ1v) is 50.0. The number of hydrogen-bond acceptors (Lipinski definition) is 0. The molecule has 0 aliphatic heterocycles. The van der Waals surface area contributed by atoms with E-state index in [-0.39, 0.29) is 16.2 Å². The lowest BCUT2D eigenvalue weighted by molar-refractivity contribution is 0.767. The summed E-state index contributed by atoms with van der Waals surface area (Å²) in [5, 5.41) is 5.47. The lowest BCUT2D eigenvalue weighted by Crippen LogP contribution is -2.28. The van der Waals surface area contributed by atoms with Crippen LogP contribution in [0.1, 0.15) is 167 Å². The molecule has 4 aliphatic rings. The minimum absolute atomic E-state index is 0.199. The first kappa shape index (κ1) is 94.1. The quantitative estimate of drug-likeness (QED) is 0.135. The molecular weight excluding hydrogens is 1690 g/mol. The van der Waals surface area contributed by atoms with Crippen LogP contribution in [0, 0.1) is 96.9 Å². The summed E-state index contributed by atoms with van der Waals surface area (Å²) < 4.78 is 0. The SMILES string of the molecule is Cc1ccc(C2(c3ccc(C)cc3)c3ccccc3-c3ccccc32)cc1.Cc1ccc(C2(c3ccccc3)c3ccccc3-c3ccc(C)cc32)cc1.Cc1ccc(Cc2ccc(C)c3ccccc23)c2ccccc12.Cc1ccc(Cc2ccc(C)cc2)cc1.Cc1ccc2c(c1)C1(c3ccccc3-2)c2ccccc2-c2ccc(C)cc21.Cc1cccc(-c2cccc(C)c2)c1.Cc1cccc(C)c1. The molecule has 1 unspecified atom stereocenters. The van der Waals surface area contributed by atoms with Crippen molar-refractivity contribution in [2.24, 2.45) is 0 Å². The highest BCUT2D eigenvalue weighted by Crippen LogP contribution is 2.64. The van der Waals surface area contributed by atoms with Gasteiger partial charge in [-0.25, -0.2) is 0 Å². The van der Waals surface area contributed by atoms with E-state index in [1.165, 1.54) is 244 Å².